The van der Waals surface area contributed by atoms with E-state index in [1.165, 1.54) is 33.7 Å². The summed E-state index contributed by atoms with van der Waals surface area (Å²) in [7, 11) is 0. The van der Waals surface area contributed by atoms with Gasteiger partial charge in [-0.1, -0.05) is 11.3 Å². The summed E-state index contributed by atoms with van der Waals surface area (Å²) < 4.78 is 1.24. The summed E-state index contributed by atoms with van der Waals surface area (Å²) >= 11 is 2.55. The Labute approximate surface area is 104 Å². The Morgan fingerprint density at radius 3 is 3.12 bits per heavy atom. The molecule has 90 valence electrons. The van der Waals surface area contributed by atoms with Gasteiger partial charge in [0.25, 0.3) is 5.56 Å². The topological polar surface area (TPSA) is 84.6 Å². The molecule has 0 aliphatic rings. The monoisotopic (exact) mass is 271 g/mol. The third-order valence-electron chi connectivity index (χ3n) is 1.87. The lowest BCUT2D eigenvalue weighted by atomic mass is 10.5. The molecule has 0 aliphatic carbocycles. The normalized spacial score (nSPS) is 10.9. The van der Waals surface area contributed by atoms with Gasteiger partial charge in [0.2, 0.25) is 4.96 Å². The molecule has 8 heteroatoms. The Morgan fingerprint density at radius 2 is 2.41 bits per heavy atom. The lowest BCUT2D eigenvalue weighted by Gasteiger charge is -1.91. The van der Waals surface area contributed by atoms with Crippen molar-refractivity contribution in [3.63, 3.8) is 0 Å². The van der Waals surface area contributed by atoms with Crippen LogP contribution < -0.4 is 5.56 Å². The Balaban J connectivity index is 2.23. The molecule has 2 rings (SSSR count). The SMILES string of the molecule is Cc1cc(=O)n2nc(CSCC(=O)O)sc2n1. The predicted octanol–water partition coefficient (Wildman–Crippen LogP) is 0.777. The van der Waals surface area contributed by atoms with Crippen LogP contribution in [0.25, 0.3) is 4.96 Å². The van der Waals surface area contributed by atoms with Crippen LogP contribution in [0.2, 0.25) is 0 Å². The van der Waals surface area contributed by atoms with E-state index < -0.39 is 5.97 Å². The molecule has 0 unspecified atom stereocenters. The van der Waals surface area contributed by atoms with Crippen LogP contribution in [0, 0.1) is 6.92 Å². The number of nitrogens with zero attached hydrogens (tertiary/aromatic N) is 3. The molecule has 2 aromatic heterocycles. The molecular formula is C9H9N3O3S2. The molecule has 0 fully saturated rings. The molecule has 0 saturated carbocycles. The van der Waals surface area contributed by atoms with Gasteiger partial charge in [-0.2, -0.15) is 9.61 Å². The third kappa shape index (κ3) is 2.83. The fraction of sp³-hybridized carbons (Fsp3) is 0.333. The number of aryl methyl sites for hydroxylation is 1. The van der Waals surface area contributed by atoms with Crippen molar-refractivity contribution in [1.82, 2.24) is 14.6 Å². The van der Waals surface area contributed by atoms with E-state index in [1.807, 2.05) is 0 Å². The molecule has 1 N–H and O–H groups in total. The summed E-state index contributed by atoms with van der Waals surface area (Å²) in [5.41, 5.74) is 0.446. The van der Waals surface area contributed by atoms with Crippen molar-refractivity contribution in [2.75, 3.05) is 5.75 Å². The van der Waals surface area contributed by atoms with Crippen molar-refractivity contribution in [2.24, 2.45) is 0 Å². The zero-order chi connectivity index (χ0) is 12.4. The molecule has 0 bridgehead atoms. The summed E-state index contributed by atoms with van der Waals surface area (Å²) in [5.74, 6) is -0.363. The quantitative estimate of drug-likeness (QED) is 0.884. The summed E-state index contributed by atoms with van der Waals surface area (Å²) in [6.45, 7) is 1.75. The maximum Gasteiger partial charge on any atom is 0.313 e. The zero-order valence-corrected chi connectivity index (χ0v) is 10.5. The number of aliphatic carboxylic acids is 1. The fourth-order valence-corrected chi connectivity index (χ4v) is 2.98. The van der Waals surface area contributed by atoms with Crippen molar-refractivity contribution in [2.45, 2.75) is 12.7 Å². The van der Waals surface area contributed by atoms with Crippen LogP contribution in [-0.4, -0.2) is 31.4 Å². The maximum absolute atomic E-state index is 11.6. The minimum absolute atomic E-state index is 0.0251. The lowest BCUT2D eigenvalue weighted by Crippen LogP contribution is -2.14. The van der Waals surface area contributed by atoms with Gasteiger partial charge in [0, 0.05) is 17.5 Å². The van der Waals surface area contributed by atoms with Crippen LogP contribution in [0.15, 0.2) is 10.9 Å². The molecule has 0 aliphatic heterocycles. The van der Waals surface area contributed by atoms with Crippen molar-refractivity contribution in [3.8, 4) is 0 Å². The first-order valence-electron chi connectivity index (χ1n) is 4.72. The number of hydrogen-bond acceptors (Lipinski definition) is 6. The smallest absolute Gasteiger partial charge is 0.313 e. The largest absolute Gasteiger partial charge is 0.481 e. The molecular weight excluding hydrogens is 262 g/mol. The van der Waals surface area contributed by atoms with Gasteiger partial charge in [0.05, 0.1) is 5.75 Å². The number of aromatic nitrogens is 3. The van der Waals surface area contributed by atoms with E-state index >= 15 is 0 Å². The van der Waals surface area contributed by atoms with Crippen molar-refractivity contribution >= 4 is 34.0 Å². The second-order valence-corrected chi connectivity index (χ2v) is 5.34. The summed E-state index contributed by atoms with van der Waals surface area (Å²) in [6.07, 6.45) is 0. The first-order chi connectivity index (χ1) is 8.06. The number of rotatable bonds is 4. The lowest BCUT2D eigenvalue weighted by molar-refractivity contribution is -0.133. The average molecular weight is 271 g/mol. The van der Waals surface area contributed by atoms with E-state index in [0.717, 1.165) is 0 Å². The van der Waals surface area contributed by atoms with Gasteiger partial charge in [-0.25, -0.2) is 4.98 Å². The third-order valence-corrected chi connectivity index (χ3v) is 3.89. The number of hydrogen-bond donors (Lipinski definition) is 1. The van der Waals surface area contributed by atoms with Crippen molar-refractivity contribution < 1.29 is 9.90 Å². The standard InChI is InChI=1S/C9H9N3O3S2/c1-5-2-7(13)12-9(10-5)17-6(11-12)3-16-4-8(14)15/h2H,3-4H2,1H3,(H,14,15). The van der Waals surface area contributed by atoms with Crippen LogP contribution in [0.4, 0.5) is 0 Å². The highest BCUT2D eigenvalue weighted by atomic mass is 32.2. The average Bonchev–Trinajstić information content (AvgIpc) is 2.60. The molecule has 0 spiro atoms. The Morgan fingerprint density at radius 1 is 1.65 bits per heavy atom. The van der Waals surface area contributed by atoms with Crippen LogP contribution in [0.5, 0.6) is 0 Å². The van der Waals surface area contributed by atoms with Crippen molar-refractivity contribution in [1.29, 1.82) is 0 Å². The minimum atomic E-state index is -0.859. The van der Waals surface area contributed by atoms with Gasteiger partial charge in [-0.3, -0.25) is 9.59 Å². The Kier molecular flexibility index (Phi) is 3.43. The zero-order valence-electron chi connectivity index (χ0n) is 8.91. The first-order valence-corrected chi connectivity index (χ1v) is 6.69. The fourth-order valence-electron chi connectivity index (χ4n) is 1.24. The highest BCUT2D eigenvalue weighted by Crippen LogP contribution is 2.17. The first kappa shape index (κ1) is 12.1. The molecule has 6 nitrogen and oxygen atoms in total. The Bertz CT molecular complexity index is 619. The molecule has 0 amide bonds. The number of thioether (sulfide) groups is 1. The second kappa shape index (κ2) is 4.84. The van der Waals surface area contributed by atoms with E-state index in [1.54, 1.807) is 6.92 Å². The van der Waals surface area contributed by atoms with E-state index in [4.69, 9.17) is 5.11 Å². The van der Waals surface area contributed by atoms with Crippen LogP contribution >= 0.6 is 23.1 Å². The number of fused-ring (bicyclic) bond motifs is 1. The highest BCUT2D eigenvalue weighted by molar-refractivity contribution is 7.99. The van der Waals surface area contributed by atoms with E-state index in [0.29, 0.717) is 21.4 Å². The van der Waals surface area contributed by atoms with Gasteiger partial charge in [-0.15, -0.1) is 11.8 Å². The molecule has 0 saturated heterocycles. The number of carbonyl (C=O) groups is 1. The summed E-state index contributed by atoms with van der Waals surface area (Å²) in [4.78, 5) is 26.7. The predicted molar refractivity (Wildman–Crippen MR) is 65.7 cm³/mol. The second-order valence-electron chi connectivity index (χ2n) is 3.31. The van der Waals surface area contributed by atoms with Gasteiger partial charge in [0.1, 0.15) is 5.01 Å². The van der Waals surface area contributed by atoms with E-state index in [9.17, 15) is 9.59 Å². The molecule has 0 atom stereocenters. The van der Waals surface area contributed by atoms with Crippen LogP contribution in [-0.2, 0) is 10.5 Å². The van der Waals surface area contributed by atoms with Crippen molar-refractivity contribution in [3.05, 3.63) is 27.1 Å². The summed E-state index contributed by atoms with van der Waals surface area (Å²) in [5, 5.41) is 13.3. The molecule has 2 aromatic rings. The summed E-state index contributed by atoms with van der Waals surface area (Å²) in [6, 6.07) is 1.42. The minimum Gasteiger partial charge on any atom is -0.481 e. The van der Waals surface area contributed by atoms with E-state index in [-0.39, 0.29) is 11.3 Å². The molecule has 17 heavy (non-hydrogen) atoms. The molecule has 0 aromatic carbocycles. The van der Waals surface area contributed by atoms with Gasteiger partial charge in [-0.05, 0) is 6.92 Å². The number of carboxylic acids is 1. The highest BCUT2D eigenvalue weighted by Gasteiger charge is 2.08. The van der Waals surface area contributed by atoms with Gasteiger partial charge >= 0.3 is 5.97 Å². The van der Waals surface area contributed by atoms with Crippen LogP contribution in [0.3, 0.4) is 0 Å². The van der Waals surface area contributed by atoms with Crippen LogP contribution in [0.1, 0.15) is 10.7 Å². The van der Waals surface area contributed by atoms with E-state index in [2.05, 4.69) is 10.1 Å². The maximum atomic E-state index is 11.6. The molecule has 0 radical (unpaired) electrons. The van der Waals surface area contributed by atoms with Gasteiger partial charge in [0.15, 0.2) is 0 Å². The molecule has 2 heterocycles. The Hall–Kier alpha value is -1.41. The van der Waals surface area contributed by atoms with Gasteiger partial charge < -0.3 is 5.11 Å². The number of carboxylic acid groups (broad SMARTS) is 1.